The number of halogens is 1. The van der Waals surface area contributed by atoms with E-state index in [-0.39, 0.29) is 12.5 Å². The smallest absolute Gasteiger partial charge is 0.258 e. The first-order valence-electron chi connectivity index (χ1n) is 5.32. The molecule has 0 aliphatic heterocycles. The van der Waals surface area contributed by atoms with Gasteiger partial charge in [0.1, 0.15) is 5.75 Å². The molecule has 1 amide bonds. The average molecular weight is 348 g/mol. The van der Waals surface area contributed by atoms with Crippen molar-refractivity contribution < 1.29 is 9.53 Å². The summed E-state index contributed by atoms with van der Waals surface area (Å²) >= 11 is 2.21. The van der Waals surface area contributed by atoms with Crippen LogP contribution in [0.5, 0.6) is 5.75 Å². The Bertz CT molecular complexity index is 377. The normalized spacial score (nSPS) is 11.1. The number of nitrogens with one attached hydrogen (secondary N) is 1. The number of nitrogens with two attached hydrogens (primary N) is 1. The summed E-state index contributed by atoms with van der Waals surface area (Å²) in [7, 11) is 0. The van der Waals surface area contributed by atoms with E-state index in [9.17, 15) is 4.79 Å². The summed E-state index contributed by atoms with van der Waals surface area (Å²) in [6, 6.07) is 7.53. The van der Waals surface area contributed by atoms with Gasteiger partial charge in [0.15, 0.2) is 6.61 Å². The summed E-state index contributed by atoms with van der Waals surface area (Å²) in [6.07, 6.45) is 0. The highest BCUT2D eigenvalue weighted by atomic mass is 127. The maximum atomic E-state index is 11.6. The molecule has 0 radical (unpaired) electrons. The molecular formula is C12H17IN2O2. The van der Waals surface area contributed by atoms with E-state index < -0.39 is 5.54 Å². The van der Waals surface area contributed by atoms with E-state index in [1.54, 1.807) is 0 Å². The van der Waals surface area contributed by atoms with Crippen molar-refractivity contribution in [2.24, 2.45) is 5.73 Å². The predicted molar refractivity (Wildman–Crippen MR) is 75.9 cm³/mol. The number of carbonyl (C=O) groups excluding carboxylic acids is 1. The third-order valence-corrected chi connectivity index (χ3v) is 2.89. The molecule has 0 atom stereocenters. The van der Waals surface area contributed by atoms with Gasteiger partial charge in [-0.3, -0.25) is 4.79 Å². The van der Waals surface area contributed by atoms with E-state index in [0.29, 0.717) is 12.3 Å². The lowest BCUT2D eigenvalue weighted by molar-refractivity contribution is -0.124. The van der Waals surface area contributed by atoms with Crippen LogP contribution in [0, 0.1) is 3.57 Å². The highest BCUT2D eigenvalue weighted by Crippen LogP contribution is 2.13. The van der Waals surface area contributed by atoms with Crippen molar-refractivity contribution in [3.63, 3.8) is 0 Å². The van der Waals surface area contributed by atoms with Crippen LogP contribution in [0.3, 0.4) is 0 Å². The number of carbonyl (C=O) groups is 1. The van der Waals surface area contributed by atoms with E-state index in [2.05, 4.69) is 27.9 Å². The molecule has 94 valence electrons. The fraction of sp³-hybridized carbons (Fsp3) is 0.417. The van der Waals surface area contributed by atoms with Gasteiger partial charge in [0.2, 0.25) is 0 Å². The molecule has 0 aliphatic carbocycles. The number of hydrogen-bond donors (Lipinski definition) is 2. The molecule has 0 fully saturated rings. The van der Waals surface area contributed by atoms with Crippen LogP contribution in [0.2, 0.25) is 0 Å². The van der Waals surface area contributed by atoms with Gasteiger partial charge in [-0.15, -0.1) is 0 Å². The molecule has 1 aromatic rings. The Kier molecular flexibility index (Phi) is 5.20. The fourth-order valence-electron chi connectivity index (χ4n) is 1.14. The van der Waals surface area contributed by atoms with Crippen LogP contribution in [0.1, 0.15) is 13.8 Å². The Morgan fingerprint density at radius 3 is 2.53 bits per heavy atom. The first-order chi connectivity index (χ1) is 7.93. The van der Waals surface area contributed by atoms with E-state index in [0.717, 1.165) is 3.57 Å². The summed E-state index contributed by atoms with van der Waals surface area (Å²) in [5.74, 6) is 0.519. The molecule has 5 heteroatoms. The van der Waals surface area contributed by atoms with Crippen LogP contribution in [0.25, 0.3) is 0 Å². The van der Waals surface area contributed by atoms with Gasteiger partial charge in [-0.25, -0.2) is 0 Å². The molecule has 0 spiro atoms. The van der Waals surface area contributed by atoms with Crippen molar-refractivity contribution in [2.45, 2.75) is 19.4 Å². The Morgan fingerprint density at radius 1 is 1.41 bits per heavy atom. The summed E-state index contributed by atoms with van der Waals surface area (Å²) < 4.78 is 6.49. The van der Waals surface area contributed by atoms with E-state index in [4.69, 9.17) is 10.5 Å². The van der Waals surface area contributed by atoms with E-state index in [1.165, 1.54) is 0 Å². The summed E-state index contributed by atoms with van der Waals surface area (Å²) in [4.78, 5) is 11.6. The molecule has 4 nitrogen and oxygen atoms in total. The number of hydrogen-bond acceptors (Lipinski definition) is 3. The molecule has 0 aromatic heterocycles. The van der Waals surface area contributed by atoms with Crippen molar-refractivity contribution in [1.82, 2.24) is 5.32 Å². The number of amides is 1. The number of benzene rings is 1. The predicted octanol–water partition coefficient (Wildman–Crippen LogP) is 1.52. The largest absolute Gasteiger partial charge is 0.484 e. The van der Waals surface area contributed by atoms with Gasteiger partial charge in [-0.2, -0.15) is 0 Å². The molecule has 0 saturated carbocycles. The second-order valence-corrected chi connectivity index (χ2v) is 5.62. The van der Waals surface area contributed by atoms with Crippen LogP contribution in [-0.2, 0) is 4.79 Å². The van der Waals surface area contributed by atoms with Crippen LogP contribution >= 0.6 is 22.6 Å². The molecule has 0 unspecified atom stereocenters. The molecule has 1 rings (SSSR count). The lowest BCUT2D eigenvalue weighted by atomic mass is 10.1. The summed E-state index contributed by atoms with van der Waals surface area (Å²) in [5.41, 5.74) is 5.13. The summed E-state index contributed by atoms with van der Waals surface area (Å²) in [5, 5.41) is 2.80. The highest BCUT2D eigenvalue weighted by Gasteiger charge is 2.18. The standard InChI is InChI=1S/C12H17IN2O2/c1-12(2,8-14)15-11(16)7-17-10-5-3-9(13)4-6-10/h3-6H,7-8,14H2,1-2H3,(H,15,16). The Balaban J connectivity index is 2.41. The molecule has 3 N–H and O–H groups in total. The topological polar surface area (TPSA) is 64.3 Å². The maximum absolute atomic E-state index is 11.6. The maximum Gasteiger partial charge on any atom is 0.258 e. The second-order valence-electron chi connectivity index (χ2n) is 4.38. The second kappa shape index (κ2) is 6.20. The molecule has 0 aliphatic rings. The zero-order valence-corrected chi connectivity index (χ0v) is 12.2. The Labute approximate surface area is 115 Å². The van der Waals surface area contributed by atoms with Gasteiger partial charge in [-0.1, -0.05) is 0 Å². The minimum absolute atomic E-state index is 0.00399. The monoisotopic (exact) mass is 348 g/mol. The van der Waals surface area contributed by atoms with Crippen molar-refractivity contribution in [3.05, 3.63) is 27.8 Å². The number of rotatable bonds is 5. The highest BCUT2D eigenvalue weighted by molar-refractivity contribution is 14.1. The fourth-order valence-corrected chi connectivity index (χ4v) is 1.50. The molecule has 1 aromatic carbocycles. The molecule has 0 saturated heterocycles. The zero-order chi connectivity index (χ0) is 12.9. The minimum atomic E-state index is -0.396. The number of ether oxygens (including phenoxy) is 1. The molecule has 17 heavy (non-hydrogen) atoms. The van der Waals surface area contributed by atoms with E-state index in [1.807, 2.05) is 38.1 Å². The van der Waals surface area contributed by atoms with Crippen molar-refractivity contribution in [2.75, 3.05) is 13.2 Å². The van der Waals surface area contributed by atoms with Gasteiger partial charge in [0.05, 0.1) is 0 Å². The molecule has 0 bridgehead atoms. The van der Waals surface area contributed by atoms with Gasteiger partial charge < -0.3 is 15.8 Å². The van der Waals surface area contributed by atoms with Gasteiger partial charge >= 0.3 is 0 Å². The van der Waals surface area contributed by atoms with Crippen molar-refractivity contribution >= 4 is 28.5 Å². The molecular weight excluding hydrogens is 331 g/mol. The Hall–Kier alpha value is -0.820. The lowest BCUT2D eigenvalue weighted by Gasteiger charge is -2.24. The zero-order valence-electron chi connectivity index (χ0n) is 10.00. The van der Waals surface area contributed by atoms with E-state index >= 15 is 0 Å². The molecule has 0 heterocycles. The first kappa shape index (κ1) is 14.2. The first-order valence-corrected chi connectivity index (χ1v) is 6.40. The third kappa shape index (κ3) is 5.36. The quantitative estimate of drug-likeness (QED) is 0.794. The van der Waals surface area contributed by atoms with Crippen LogP contribution in [0.4, 0.5) is 0 Å². The van der Waals surface area contributed by atoms with Crippen molar-refractivity contribution in [3.8, 4) is 5.75 Å². The van der Waals surface area contributed by atoms with Crippen LogP contribution < -0.4 is 15.8 Å². The summed E-state index contributed by atoms with van der Waals surface area (Å²) in [6.45, 7) is 4.14. The van der Waals surface area contributed by atoms with Crippen molar-refractivity contribution in [1.29, 1.82) is 0 Å². The van der Waals surface area contributed by atoms with Gasteiger partial charge in [0, 0.05) is 15.7 Å². The van der Waals surface area contributed by atoms with Crippen LogP contribution in [0.15, 0.2) is 24.3 Å². The van der Waals surface area contributed by atoms with Crippen LogP contribution in [-0.4, -0.2) is 24.6 Å². The minimum Gasteiger partial charge on any atom is -0.484 e. The third-order valence-electron chi connectivity index (χ3n) is 2.17. The average Bonchev–Trinajstić information content (AvgIpc) is 2.28. The van der Waals surface area contributed by atoms with Gasteiger partial charge in [-0.05, 0) is 60.7 Å². The Morgan fingerprint density at radius 2 is 2.00 bits per heavy atom. The SMILES string of the molecule is CC(C)(CN)NC(=O)COc1ccc(I)cc1. The van der Waals surface area contributed by atoms with Gasteiger partial charge in [0.25, 0.3) is 5.91 Å². The lowest BCUT2D eigenvalue weighted by Crippen LogP contribution is -2.50.